The van der Waals surface area contributed by atoms with E-state index in [2.05, 4.69) is 4.90 Å². The lowest BCUT2D eigenvalue weighted by molar-refractivity contribution is -0.384. The number of nitro benzene ring substituents is 1. The topological polar surface area (TPSA) is 83.7 Å². The predicted octanol–water partition coefficient (Wildman–Crippen LogP) is 2.59. The van der Waals surface area contributed by atoms with E-state index in [0.717, 1.165) is 30.6 Å². The van der Waals surface area contributed by atoms with Crippen molar-refractivity contribution in [2.45, 2.75) is 26.2 Å². The minimum atomic E-state index is -0.766. The number of aryl methyl sites for hydroxylation is 1. The van der Waals surface area contributed by atoms with Crippen LogP contribution >= 0.6 is 0 Å². The fourth-order valence-electron chi connectivity index (χ4n) is 2.81. The van der Waals surface area contributed by atoms with Gasteiger partial charge in [-0.3, -0.25) is 14.9 Å². The van der Waals surface area contributed by atoms with Gasteiger partial charge in [-0.05, 0) is 37.3 Å². The van der Waals surface area contributed by atoms with E-state index < -0.39 is 10.9 Å². The minimum Gasteiger partial charge on any atom is -0.481 e. The summed E-state index contributed by atoms with van der Waals surface area (Å²) >= 11 is 0. The molecule has 1 heterocycles. The van der Waals surface area contributed by atoms with Gasteiger partial charge in [0.2, 0.25) is 0 Å². The molecule has 1 aliphatic heterocycles. The van der Waals surface area contributed by atoms with Crippen LogP contribution in [0.25, 0.3) is 0 Å². The third-order valence-corrected chi connectivity index (χ3v) is 3.71. The quantitative estimate of drug-likeness (QED) is 0.676. The molecule has 0 bridgehead atoms. The summed E-state index contributed by atoms with van der Waals surface area (Å²) in [7, 11) is 0. The summed E-state index contributed by atoms with van der Waals surface area (Å²) in [4.78, 5) is 23.3. The Bertz CT molecular complexity index is 530. The third-order valence-electron chi connectivity index (χ3n) is 3.71. The number of nitro groups is 1. The van der Waals surface area contributed by atoms with Crippen molar-refractivity contribution in [1.29, 1.82) is 0 Å². The molecule has 0 spiro atoms. The van der Waals surface area contributed by atoms with Gasteiger partial charge in [-0.15, -0.1) is 0 Å². The highest BCUT2D eigenvalue weighted by Gasteiger charge is 2.23. The van der Waals surface area contributed by atoms with Gasteiger partial charge in [0, 0.05) is 37.3 Å². The van der Waals surface area contributed by atoms with Crippen LogP contribution < -0.4 is 4.90 Å². The molecule has 1 N–H and O–H groups in total. The van der Waals surface area contributed by atoms with E-state index in [1.165, 1.54) is 6.07 Å². The van der Waals surface area contributed by atoms with Crippen LogP contribution in [0.3, 0.4) is 0 Å². The van der Waals surface area contributed by atoms with Gasteiger partial charge in [-0.1, -0.05) is 0 Å². The van der Waals surface area contributed by atoms with Gasteiger partial charge in [0.1, 0.15) is 0 Å². The lowest BCUT2D eigenvalue weighted by Crippen LogP contribution is -2.36. The normalized spacial score (nSPS) is 18.9. The maximum atomic E-state index is 10.8. The molecular weight excluding hydrogens is 260 g/mol. The summed E-state index contributed by atoms with van der Waals surface area (Å²) < 4.78 is 0. The molecule has 0 saturated carbocycles. The molecule has 1 aliphatic rings. The predicted molar refractivity (Wildman–Crippen MR) is 75.0 cm³/mol. The highest BCUT2D eigenvalue weighted by molar-refractivity contribution is 5.67. The van der Waals surface area contributed by atoms with Crippen LogP contribution in [0, 0.1) is 23.0 Å². The summed E-state index contributed by atoms with van der Waals surface area (Å²) in [5.41, 5.74) is 1.91. The van der Waals surface area contributed by atoms with Crippen LogP contribution in [0.15, 0.2) is 18.2 Å². The van der Waals surface area contributed by atoms with Gasteiger partial charge in [0.15, 0.2) is 0 Å². The van der Waals surface area contributed by atoms with Crippen LogP contribution in [-0.4, -0.2) is 29.1 Å². The maximum Gasteiger partial charge on any atom is 0.303 e. The molecular formula is C14H18N2O4. The molecule has 108 valence electrons. The van der Waals surface area contributed by atoms with E-state index in [9.17, 15) is 14.9 Å². The molecule has 6 nitrogen and oxygen atoms in total. The number of carboxylic acids is 1. The van der Waals surface area contributed by atoms with E-state index in [-0.39, 0.29) is 18.0 Å². The van der Waals surface area contributed by atoms with Gasteiger partial charge in [-0.25, -0.2) is 0 Å². The van der Waals surface area contributed by atoms with Crippen LogP contribution in [-0.2, 0) is 4.79 Å². The number of rotatable bonds is 4. The number of nitrogens with zero attached hydrogens (tertiary/aromatic N) is 2. The van der Waals surface area contributed by atoms with E-state index in [1.807, 2.05) is 6.92 Å². The Labute approximate surface area is 117 Å². The van der Waals surface area contributed by atoms with Crippen molar-refractivity contribution in [2.75, 3.05) is 18.0 Å². The molecule has 1 fully saturated rings. The van der Waals surface area contributed by atoms with Crippen molar-refractivity contribution in [3.05, 3.63) is 33.9 Å². The molecule has 1 aromatic rings. The molecule has 1 aromatic carbocycles. The van der Waals surface area contributed by atoms with Crippen molar-refractivity contribution in [1.82, 2.24) is 0 Å². The number of piperidine rings is 1. The summed E-state index contributed by atoms with van der Waals surface area (Å²) in [6, 6.07) is 4.83. The second-order valence-electron chi connectivity index (χ2n) is 5.28. The first kappa shape index (κ1) is 14.3. The minimum absolute atomic E-state index is 0.0883. The lowest BCUT2D eigenvalue weighted by Gasteiger charge is -2.34. The van der Waals surface area contributed by atoms with Crippen molar-refractivity contribution >= 4 is 17.3 Å². The first-order valence-electron chi connectivity index (χ1n) is 6.69. The van der Waals surface area contributed by atoms with Gasteiger partial charge >= 0.3 is 5.97 Å². The Balaban J connectivity index is 2.14. The zero-order valence-corrected chi connectivity index (χ0v) is 11.4. The Morgan fingerprint density at radius 3 is 2.90 bits per heavy atom. The first-order chi connectivity index (χ1) is 9.47. The molecule has 0 aliphatic carbocycles. The number of benzene rings is 1. The highest BCUT2D eigenvalue weighted by atomic mass is 16.6. The number of carbonyl (C=O) groups is 1. The second-order valence-corrected chi connectivity index (χ2v) is 5.28. The lowest BCUT2D eigenvalue weighted by atomic mass is 9.94. The molecule has 1 atom stereocenters. The van der Waals surface area contributed by atoms with E-state index in [1.54, 1.807) is 12.1 Å². The van der Waals surface area contributed by atoms with Gasteiger partial charge in [0.05, 0.1) is 4.92 Å². The van der Waals surface area contributed by atoms with Crippen molar-refractivity contribution in [3.8, 4) is 0 Å². The number of aliphatic carboxylic acids is 1. The monoisotopic (exact) mass is 278 g/mol. The smallest absolute Gasteiger partial charge is 0.303 e. The second kappa shape index (κ2) is 5.90. The number of non-ortho nitro benzene ring substituents is 1. The summed E-state index contributed by atoms with van der Waals surface area (Å²) in [5, 5.41) is 19.6. The largest absolute Gasteiger partial charge is 0.481 e. The molecule has 6 heteroatoms. The van der Waals surface area contributed by atoms with Gasteiger partial charge in [0.25, 0.3) is 5.69 Å². The standard InChI is InChI=1S/C14H18N2O4/c1-10-7-12(16(19)20)4-5-13(10)15-6-2-3-11(9-15)8-14(17)18/h4-5,7,11H,2-3,6,8-9H2,1H3,(H,17,18). The summed E-state index contributed by atoms with van der Waals surface area (Å²) in [6.45, 7) is 3.42. The SMILES string of the molecule is Cc1cc([N+](=O)[O-])ccc1N1CCCC(CC(=O)O)C1. The van der Waals surface area contributed by atoms with E-state index >= 15 is 0 Å². The fraction of sp³-hybridized carbons (Fsp3) is 0.500. The van der Waals surface area contributed by atoms with Crippen molar-refractivity contribution in [3.63, 3.8) is 0 Å². The zero-order valence-electron chi connectivity index (χ0n) is 11.4. The molecule has 0 amide bonds. The first-order valence-corrected chi connectivity index (χ1v) is 6.69. The van der Waals surface area contributed by atoms with Crippen LogP contribution in [0.4, 0.5) is 11.4 Å². The molecule has 1 saturated heterocycles. The number of carboxylic acid groups (broad SMARTS) is 1. The van der Waals surface area contributed by atoms with Gasteiger partial charge < -0.3 is 10.0 Å². The van der Waals surface area contributed by atoms with Crippen LogP contribution in [0.1, 0.15) is 24.8 Å². The van der Waals surface area contributed by atoms with Crippen molar-refractivity contribution < 1.29 is 14.8 Å². The maximum absolute atomic E-state index is 10.8. The number of hydrogen-bond acceptors (Lipinski definition) is 4. The van der Waals surface area contributed by atoms with Gasteiger partial charge in [-0.2, -0.15) is 0 Å². The average molecular weight is 278 g/mol. The third kappa shape index (κ3) is 3.26. The molecule has 0 radical (unpaired) electrons. The Kier molecular flexibility index (Phi) is 4.22. The summed E-state index contributed by atoms with van der Waals surface area (Å²) in [6.07, 6.45) is 2.06. The highest BCUT2D eigenvalue weighted by Crippen LogP contribution is 2.29. The Hall–Kier alpha value is -2.11. The molecule has 2 rings (SSSR count). The molecule has 1 unspecified atom stereocenters. The zero-order chi connectivity index (χ0) is 14.7. The summed E-state index contributed by atoms with van der Waals surface area (Å²) in [5.74, 6) is -0.617. The Morgan fingerprint density at radius 1 is 1.55 bits per heavy atom. The number of anilines is 1. The van der Waals surface area contributed by atoms with E-state index in [0.29, 0.717) is 6.54 Å². The fourth-order valence-corrected chi connectivity index (χ4v) is 2.81. The van der Waals surface area contributed by atoms with Crippen molar-refractivity contribution in [2.24, 2.45) is 5.92 Å². The Morgan fingerprint density at radius 2 is 2.30 bits per heavy atom. The van der Waals surface area contributed by atoms with E-state index in [4.69, 9.17) is 5.11 Å². The molecule has 0 aromatic heterocycles. The number of hydrogen-bond donors (Lipinski definition) is 1. The van der Waals surface area contributed by atoms with Crippen LogP contribution in [0.5, 0.6) is 0 Å². The molecule has 20 heavy (non-hydrogen) atoms. The van der Waals surface area contributed by atoms with Crippen LogP contribution in [0.2, 0.25) is 0 Å². The average Bonchev–Trinajstić information content (AvgIpc) is 2.38.